The van der Waals surface area contributed by atoms with Gasteiger partial charge in [0, 0.05) is 27.7 Å². The van der Waals surface area contributed by atoms with Crippen molar-refractivity contribution in [2.75, 3.05) is 19.0 Å². The fourth-order valence-electron chi connectivity index (χ4n) is 2.50. The molecule has 7 nitrogen and oxygen atoms in total. The number of hydrogen-bond donors (Lipinski definition) is 2. The molecule has 160 valence electrons. The van der Waals surface area contributed by atoms with E-state index >= 15 is 0 Å². The number of ether oxygens (including phenoxy) is 2. The van der Waals surface area contributed by atoms with Crippen LogP contribution in [-0.4, -0.2) is 30.5 Å². The first-order valence-electron chi connectivity index (χ1n) is 9.21. The van der Waals surface area contributed by atoms with Gasteiger partial charge in [0.1, 0.15) is 0 Å². The topological polar surface area (TPSA) is 104 Å². The van der Waals surface area contributed by atoms with Crippen LogP contribution in [0.15, 0.2) is 63.2 Å². The van der Waals surface area contributed by atoms with Crippen molar-refractivity contribution in [2.24, 2.45) is 5.73 Å². The Hall–Kier alpha value is -3.30. The second kappa shape index (κ2) is 10.6. The molecule has 0 fully saturated rings. The lowest BCUT2D eigenvalue weighted by molar-refractivity contribution is -0.120. The lowest BCUT2D eigenvalue weighted by atomic mass is 10.2. The molecule has 3 aromatic rings. The van der Waals surface area contributed by atoms with Crippen LogP contribution < -0.4 is 20.5 Å². The van der Waals surface area contributed by atoms with Crippen molar-refractivity contribution in [1.29, 1.82) is 0 Å². The molecule has 0 aliphatic rings. The van der Waals surface area contributed by atoms with Crippen molar-refractivity contribution in [2.45, 2.75) is 16.2 Å². The summed E-state index contributed by atoms with van der Waals surface area (Å²) in [6, 6.07) is 12.7. The van der Waals surface area contributed by atoms with E-state index in [1.807, 2.05) is 36.6 Å². The van der Waals surface area contributed by atoms with Crippen LogP contribution in [0.1, 0.15) is 11.3 Å². The van der Waals surface area contributed by atoms with Crippen molar-refractivity contribution >= 4 is 46.7 Å². The molecular weight excluding hydrogens is 434 g/mol. The van der Waals surface area contributed by atoms with Crippen LogP contribution >= 0.6 is 23.1 Å². The number of benzene rings is 2. The highest BCUT2D eigenvalue weighted by Crippen LogP contribution is 2.31. The average Bonchev–Trinajstić information content (AvgIpc) is 3.16. The molecule has 3 rings (SSSR count). The van der Waals surface area contributed by atoms with Crippen LogP contribution in [0.5, 0.6) is 11.5 Å². The Morgan fingerprint density at radius 2 is 1.97 bits per heavy atom. The van der Waals surface area contributed by atoms with Gasteiger partial charge in [-0.15, -0.1) is 11.3 Å². The second-order valence-corrected chi connectivity index (χ2v) is 8.55. The SMILES string of the molecule is COc1cc(C=CC(=O)Nc2ccc(Sc3nc(C)cs3)cc2)ccc1OCC(N)=O. The van der Waals surface area contributed by atoms with Crippen LogP contribution in [0, 0.1) is 6.92 Å². The minimum Gasteiger partial charge on any atom is -0.493 e. The fourth-order valence-corrected chi connectivity index (χ4v) is 4.31. The fraction of sp³-hybridized carbons (Fsp3) is 0.136. The number of hydrogen-bond acceptors (Lipinski definition) is 7. The van der Waals surface area contributed by atoms with Gasteiger partial charge in [-0.2, -0.15) is 0 Å². The van der Waals surface area contributed by atoms with Crippen LogP contribution in [0.3, 0.4) is 0 Å². The first-order chi connectivity index (χ1) is 14.9. The number of nitrogens with zero attached hydrogens (tertiary/aromatic N) is 1. The van der Waals surface area contributed by atoms with Crippen molar-refractivity contribution in [1.82, 2.24) is 4.98 Å². The molecule has 3 N–H and O–H groups in total. The summed E-state index contributed by atoms with van der Waals surface area (Å²) in [5.74, 6) is -0.00216. The zero-order chi connectivity index (χ0) is 22.2. The minimum absolute atomic E-state index is 0.241. The Bertz CT molecular complexity index is 1090. The van der Waals surface area contributed by atoms with E-state index in [0.29, 0.717) is 17.2 Å². The number of nitrogens with two attached hydrogens (primary N) is 1. The Balaban J connectivity index is 1.57. The molecule has 0 unspecified atom stereocenters. The van der Waals surface area contributed by atoms with E-state index in [9.17, 15) is 9.59 Å². The van der Waals surface area contributed by atoms with E-state index < -0.39 is 5.91 Å². The number of nitrogens with one attached hydrogen (secondary N) is 1. The summed E-state index contributed by atoms with van der Waals surface area (Å²) in [6.45, 7) is 1.73. The summed E-state index contributed by atoms with van der Waals surface area (Å²) in [6.07, 6.45) is 3.09. The van der Waals surface area contributed by atoms with E-state index in [0.717, 1.165) is 20.5 Å². The predicted molar refractivity (Wildman–Crippen MR) is 123 cm³/mol. The average molecular weight is 456 g/mol. The summed E-state index contributed by atoms with van der Waals surface area (Å²) < 4.78 is 11.5. The number of carbonyl (C=O) groups is 2. The zero-order valence-corrected chi connectivity index (χ0v) is 18.6. The number of thiazole rings is 1. The number of rotatable bonds is 9. The summed E-state index contributed by atoms with van der Waals surface area (Å²) in [5, 5.41) is 4.84. The number of anilines is 1. The molecule has 0 aliphatic carbocycles. The van der Waals surface area contributed by atoms with Gasteiger partial charge in [0.2, 0.25) is 5.91 Å². The molecule has 2 aromatic carbocycles. The van der Waals surface area contributed by atoms with Crippen LogP contribution in [-0.2, 0) is 9.59 Å². The van der Waals surface area contributed by atoms with E-state index in [-0.39, 0.29) is 12.5 Å². The molecule has 2 amide bonds. The molecule has 31 heavy (non-hydrogen) atoms. The maximum absolute atomic E-state index is 12.2. The molecule has 1 aromatic heterocycles. The molecule has 0 aliphatic heterocycles. The van der Waals surface area contributed by atoms with Crippen molar-refractivity contribution in [3.63, 3.8) is 0 Å². The van der Waals surface area contributed by atoms with Crippen LogP contribution in [0.4, 0.5) is 5.69 Å². The van der Waals surface area contributed by atoms with Gasteiger partial charge in [0.25, 0.3) is 5.91 Å². The Morgan fingerprint density at radius 3 is 2.61 bits per heavy atom. The maximum Gasteiger partial charge on any atom is 0.255 e. The standard InChI is InChI=1S/C22H21N3O4S2/c1-14-13-30-22(24-14)31-17-7-5-16(6-8-17)25-21(27)10-4-15-3-9-18(19(11-15)28-2)29-12-20(23)26/h3-11,13H,12H2,1-2H3,(H2,23,26)(H,25,27). The summed E-state index contributed by atoms with van der Waals surface area (Å²) >= 11 is 3.19. The van der Waals surface area contributed by atoms with E-state index in [1.54, 1.807) is 47.4 Å². The highest BCUT2D eigenvalue weighted by Gasteiger charge is 2.07. The molecule has 0 spiro atoms. The van der Waals surface area contributed by atoms with E-state index in [1.165, 1.54) is 13.2 Å². The number of carbonyl (C=O) groups excluding carboxylic acids is 2. The number of primary amides is 1. The first-order valence-corrected chi connectivity index (χ1v) is 10.9. The lowest BCUT2D eigenvalue weighted by Crippen LogP contribution is -2.20. The van der Waals surface area contributed by atoms with Gasteiger partial charge in [-0.05, 0) is 55.0 Å². The molecule has 9 heteroatoms. The molecule has 0 saturated heterocycles. The molecule has 0 atom stereocenters. The highest BCUT2D eigenvalue weighted by atomic mass is 32.2. The largest absolute Gasteiger partial charge is 0.493 e. The van der Waals surface area contributed by atoms with Crippen LogP contribution in [0.2, 0.25) is 0 Å². The smallest absolute Gasteiger partial charge is 0.255 e. The lowest BCUT2D eigenvalue weighted by Gasteiger charge is -2.10. The monoisotopic (exact) mass is 455 g/mol. The molecule has 1 heterocycles. The Morgan fingerprint density at radius 1 is 1.19 bits per heavy atom. The molecular formula is C22H21N3O4S2. The number of amides is 2. The third kappa shape index (κ3) is 6.87. The Labute approximate surface area is 188 Å². The highest BCUT2D eigenvalue weighted by molar-refractivity contribution is 8.01. The van der Waals surface area contributed by atoms with Gasteiger partial charge in [0.05, 0.1) is 7.11 Å². The zero-order valence-electron chi connectivity index (χ0n) is 17.0. The summed E-state index contributed by atoms with van der Waals surface area (Å²) in [4.78, 5) is 28.6. The normalized spacial score (nSPS) is 10.8. The second-order valence-electron chi connectivity index (χ2n) is 6.37. The summed E-state index contributed by atoms with van der Waals surface area (Å²) in [5.41, 5.74) is 7.53. The maximum atomic E-state index is 12.2. The van der Waals surface area contributed by atoms with Crippen molar-refractivity contribution < 1.29 is 19.1 Å². The van der Waals surface area contributed by atoms with E-state index in [2.05, 4.69) is 10.3 Å². The van der Waals surface area contributed by atoms with Gasteiger partial charge < -0.3 is 20.5 Å². The van der Waals surface area contributed by atoms with Crippen molar-refractivity contribution in [3.05, 3.63) is 65.2 Å². The van der Waals surface area contributed by atoms with Gasteiger partial charge in [-0.1, -0.05) is 17.8 Å². The first kappa shape index (κ1) is 22.4. The van der Waals surface area contributed by atoms with E-state index in [4.69, 9.17) is 15.2 Å². The number of methoxy groups -OCH3 is 1. The molecule has 0 bridgehead atoms. The van der Waals surface area contributed by atoms with Crippen molar-refractivity contribution in [3.8, 4) is 11.5 Å². The predicted octanol–water partition coefficient (Wildman–Crippen LogP) is 4.13. The Kier molecular flexibility index (Phi) is 7.69. The van der Waals surface area contributed by atoms with Crippen LogP contribution in [0.25, 0.3) is 6.08 Å². The molecule has 0 radical (unpaired) electrons. The van der Waals surface area contributed by atoms with Gasteiger partial charge >= 0.3 is 0 Å². The van der Waals surface area contributed by atoms with Gasteiger partial charge in [-0.3, -0.25) is 9.59 Å². The molecule has 0 saturated carbocycles. The minimum atomic E-state index is -0.576. The summed E-state index contributed by atoms with van der Waals surface area (Å²) in [7, 11) is 1.49. The van der Waals surface area contributed by atoms with Gasteiger partial charge in [-0.25, -0.2) is 4.98 Å². The number of aryl methyl sites for hydroxylation is 1. The quantitative estimate of drug-likeness (QED) is 0.470. The van der Waals surface area contributed by atoms with Gasteiger partial charge in [0.15, 0.2) is 22.4 Å². The third-order valence-electron chi connectivity index (χ3n) is 3.91. The third-order valence-corrected chi connectivity index (χ3v) is 5.97. The number of aromatic nitrogens is 1.